The topological polar surface area (TPSA) is 35.2 Å². The van der Waals surface area contributed by atoms with E-state index in [9.17, 15) is 0 Å². The first kappa shape index (κ1) is 9.21. The summed E-state index contributed by atoms with van der Waals surface area (Å²) in [6.07, 6.45) is 2.45. The first-order valence-corrected chi connectivity index (χ1v) is 3.16. The fraction of sp³-hybridized carbons (Fsp3) is 1.00. The van der Waals surface area contributed by atoms with Gasteiger partial charge < -0.3 is 10.5 Å². The van der Waals surface area contributed by atoms with E-state index in [2.05, 4.69) is 6.92 Å². The predicted octanol–water partition coefficient (Wildman–Crippen LogP) is 0.934. The van der Waals surface area contributed by atoms with Crippen LogP contribution >= 0.6 is 12.4 Å². The molecule has 1 rings (SSSR count). The highest BCUT2D eigenvalue weighted by atomic mass is 35.5. The molecule has 2 atom stereocenters. The third kappa shape index (κ3) is 3.04. The third-order valence-electron chi connectivity index (χ3n) is 1.53. The van der Waals surface area contributed by atoms with E-state index < -0.39 is 0 Å². The summed E-state index contributed by atoms with van der Waals surface area (Å²) in [6, 6.07) is 0.388. The lowest BCUT2D eigenvalue weighted by molar-refractivity contribution is 0.0200. The van der Waals surface area contributed by atoms with Crippen molar-refractivity contribution in [3.05, 3.63) is 0 Å². The van der Waals surface area contributed by atoms with Crippen molar-refractivity contribution in [1.82, 2.24) is 0 Å². The molecule has 3 heteroatoms. The van der Waals surface area contributed by atoms with Crippen LogP contribution in [0.15, 0.2) is 0 Å². The summed E-state index contributed by atoms with van der Waals surface area (Å²) in [5.41, 5.74) is 5.65. The molecule has 0 aromatic heterocycles. The Labute approximate surface area is 62.2 Å². The third-order valence-corrected chi connectivity index (χ3v) is 1.53. The molecule has 2 nitrogen and oxygen atoms in total. The van der Waals surface area contributed by atoms with E-state index in [1.165, 1.54) is 0 Å². The molecule has 0 amide bonds. The molecule has 0 unspecified atom stereocenters. The van der Waals surface area contributed by atoms with E-state index in [0.29, 0.717) is 12.1 Å². The van der Waals surface area contributed by atoms with Gasteiger partial charge in [-0.3, -0.25) is 0 Å². The van der Waals surface area contributed by atoms with Crippen molar-refractivity contribution < 1.29 is 4.74 Å². The Bertz CT molecular complexity index is 71.5. The van der Waals surface area contributed by atoms with Crippen LogP contribution in [0, 0.1) is 0 Å². The van der Waals surface area contributed by atoms with Crippen LogP contribution in [-0.4, -0.2) is 18.8 Å². The summed E-state index contributed by atoms with van der Waals surface area (Å²) < 4.78 is 5.27. The monoisotopic (exact) mass is 151 g/mol. The van der Waals surface area contributed by atoms with Crippen molar-refractivity contribution in [1.29, 1.82) is 0 Å². The highest BCUT2D eigenvalue weighted by Gasteiger charge is 2.14. The highest BCUT2D eigenvalue weighted by Crippen LogP contribution is 2.10. The molecule has 0 spiro atoms. The summed E-state index contributed by atoms with van der Waals surface area (Å²) in [6.45, 7) is 2.92. The molecule has 56 valence electrons. The minimum Gasteiger partial charge on any atom is -0.378 e. The van der Waals surface area contributed by atoms with E-state index in [0.717, 1.165) is 19.4 Å². The summed E-state index contributed by atoms with van der Waals surface area (Å²) in [5.74, 6) is 0. The number of hydrogen-bond donors (Lipinski definition) is 1. The number of ether oxygens (including phenoxy) is 1. The first-order valence-electron chi connectivity index (χ1n) is 3.16. The maximum absolute atomic E-state index is 5.65. The normalized spacial score (nSPS) is 35.3. The number of halogens is 1. The van der Waals surface area contributed by atoms with Crippen LogP contribution in [0.5, 0.6) is 0 Å². The highest BCUT2D eigenvalue weighted by molar-refractivity contribution is 5.85. The lowest BCUT2D eigenvalue weighted by Crippen LogP contribution is -2.32. The van der Waals surface area contributed by atoms with E-state index in [-0.39, 0.29) is 12.4 Å². The van der Waals surface area contributed by atoms with Gasteiger partial charge in [-0.25, -0.2) is 0 Å². The molecule has 2 N–H and O–H groups in total. The lowest BCUT2D eigenvalue weighted by atomic mass is 10.1. The second-order valence-electron chi connectivity index (χ2n) is 2.47. The van der Waals surface area contributed by atoms with Crippen LogP contribution in [0.2, 0.25) is 0 Å². The summed E-state index contributed by atoms with van der Waals surface area (Å²) >= 11 is 0. The standard InChI is InChI=1S/C6H13NO.ClH/c1-5-4-6(7)2-3-8-5;/h5-6H,2-4,7H2,1H3;1H/t5-,6-;/m1./s1. The first-order chi connectivity index (χ1) is 3.79. The zero-order valence-corrected chi connectivity index (χ0v) is 6.49. The van der Waals surface area contributed by atoms with Crippen LogP contribution < -0.4 is 5.73 Å². The van der Waals surface area contributed by atoms with Crippen LogP contribution in [0.3, 0.4) is 0 Å². The second-order valence-corrected chi connectivity index (χ2v) is 2.47. The largest absolute Gasteiger partial charge is 0.378 e. The Balaban J connectivity index is 0.000000640. The van der Waals surface area contributed by atoms with Crippen molar-refractivity contribution in [2.75, 3.05) is 6.61 Å². The van der Waals surface area contributed by atoms with Gasteiger partial charge in [0.1, 0.15) is 0 Å². The molecule has 0 aromatic carbocycles. The molecule has 1 saturated heterocycles. The van der Waals surface area contributed by atoms with Gasteiger partial charge in [-0.15, -0.1) is 12.4 Å². The predicted molar refractivity (Wildman–Crippen MR) is 39.9 cm³/mol. The molecular formula is C6H14ClNO. The molecule has 0 bridgehead atoms. The Morgan fingerprint density at radius 1 is 1.56 bits per heavy atom. The van der Waals surface area contributed by atoms with E-state index in [4.69, 9.17) is 10.5 Å². The Hall–Kier alpha value is 0.210. The fourth-order valence-corrected chi connectivity index (χ4v) is 1.03. The zero-order chi connectivity index (χ0) is 5.98. The Morgan fingerprint density at radius 3 is 2.56 bits per heavy atom. The van der Waals surface area contributed by atoms with Crippen LogP contribution in [0.4, 0.5) is 0 Å². The Morgan fingerprint density at radius 2 is 2.22 bits per heavy atom. The molecule has 0 aromatic rings. The van der Waals surface area contributed by atoms with E-state index in [1.54, 1.807) is 0 Å². The fourth-order valence-electron chi connectivity index (χ4n) is 1.03. The van der Waals surface area contributed by atoms with Crippen molar-refractivity contribution in [3.8, 4) is 0 Å². The Kier molecular flexibility index (Phi) is 4.19. The molecule has 1 aliphatic heterocycles. The van der Waals surface area contributed by atoms with Crippen LogP contribution in [0.1, 0.15) is 19.8 Å². The van der Waals surface area contributed by atoms with Crippen LogP contribution in [-0.2, 0) is 4.74 Å². The van der Waals surface area contributed by atoms with Gasteiger partial charge in [0.2, 0.25) is 0 Å². The van der Waals surface area contributed by atoms with Crippen molar-refractivity contribution in [2.45, 2.75) is 31.9 Å². The smallest absolute Gasteiger partial charge is 0.0561 e. The summed E-state index contributed by atoms with van der Waals surface area (Å²) in [4.78, 5) is 0. The maximum Gasteiger partial charge on any atom is 0.0561 e. The van der Waals surface area contributed by atoms with Crippen LogP contribution in [0.25, 0.3) is 0 Å². The van der Waals surface area contributed by atoms with Gasteiger partial charge in [-0.2, -0.15) is 0 Å². The average Bonchev–Trinajstić information content (AvgIpc) is 1.64. The minimum absolute atomic E-state index is 0. The van der Waals surface area contributed by atoms with Gasteiger partial charge in [0.25, 0.3) is 0 Å². The number of hydrogen-bond acceptors (Lipinski definition) is 2. The van der Waals surface area contributed by atoms with Crippen molar-refractivity contribution in [3.63, 3.8) is 0 Å². The molecule has 0 aliphatic carbocycles. The van der Waals surface area contributed by atoms with Crippen molar-refractivity contribution in [2.24, 2.45) is 5.73 Å². The van der Waals surface area contributed by atoms with Gasteiger partial charge in [0.05, 0.1) is 6.10 Å². The summed E-state index contributed by atoms with van der Waals surface area (Å²) in [7, 11) is 0. The van der Waals surface area contributed by atoms with E-state index in [1.807, 2.05) is 0 Å². The maximum atomic E-state index is 5.65. The quantitative estimate of drug-likeness (QED) is 0.559. The molecule has 1 aliphatic rings. The SMILES string of the molecule is C[C@@H]1C[C@H](N)CCO1.Cl. The summed E-state index contributed by atoms with van der Waals surface area (Å²) in [5, 5.41) is 0. The van der Waals surface area contributed by atoms with Gasteiger partial charge in [-0.1, -0.05) is 0 Å². The molecule has 0 radical (unpaired) electrons. The van der Waals surface area contributed by atoms with Crippen molar-refractivity contribution >= 4 is 12.4 Å². The average molecular weight is 152 g/mol. The molecule has 0 saturated carbocycles. The minimum atomic E-state index is 0. The molecular weight excluding hydrogens is 138 g/mol. The number of nitrogens with two attached hydrogens (primary N) is 1. The molecule has 1 fully saturated rings. The van der Waals surface area contributed by atoms with Gasteiger partial charge in [0.15, 0.2) is 0 Å². The van der Waals surface area contributed by atoms with Gasteiger partial charge >= 0.3 is 0 Å². The second kappa shape index (κ2) is 4.09. The van der Waals surface area contributed by atoms with E-state index >= 15 is 0 Å². The lowest BCUT2D eigenvalue weighted by Gasteiger charge is -2.23. The zero-order valence-electron chi connectivity index (χ0n) is 5.67. The van der Waals surface area contributed by atoms with Gasteiger partial charge in [0, 0.05) is 12.6 Å². The molecule has 9 heavy (non-hydrogen) atoms. The number of rotatable bonds is 0. The van der Waals surface area contributed by atoms with Gasteiger partial charge in [-0.05, 0) is 19.8 Å². The molecule has 1 heterocycles.